The van der Waals surface area contributed by atoms with Crippen molar-refractivity contribution in [2.24, 2.45) is 5.10 Å². The van der Waals surface area contributed by atoms with E-state index < -0.39 is 0 Å². The fraction of sp³-hybridized carbons (Fsp3) is 0.176. The molecule has 1 N–H and O–H groups in total. The van der Waals surface area contributed by atoms with Crippen molar-refractivity contribution in [3.05, 3.63) is 64.2 Å². The number of halogens is 1. The highest BCUT2D eigenvalue weighted by molar-refractivity contribution is 6.30. The van der Waals surface area contributed by atoms with Crippen LogP contribution in [0.3, 0.4) is 0 Å². The Morgan fingerprint density at radius 2 is 2.09 bits per heavy atom. The van der Waals surface area contributed by atoms with Crippen LogP contribution >= 0.6 is 11.6 Å². The van der Waals surface area contributed by atoms with Gasteiger partial charge >= 0.3 is 0 Å². The number of hydrazone groups is 1. The first-order valence-electron chi connectivity index (χ1n) is 6.82. The van der Waals surface area contributed by atoms with Crippen molar-refractivity contribution in [1.29, 1.82) is 0 Å². The lowest BCUT2D eigenvalue weighted by Crippen LogP contribution is -2.24. The topological polar surface area (TPSA) is 50.7 Å². The standard InChI is InChI=1S/C17H17ClN2O2/c1-12-6-7-16(13(2)8-12)22-11-17(21)20-19-10-14-4-3-5-15(18)9-14/h3-10H,11H2,1-2H3,(H,20,21). The summed E-state index contributed by atoms with van der Waals surface area (Å²) in [6.45, 7) is 3.86. The van der Waals surface area contributed by atoms with Crippen molar-refractivity contribution >= 4 is 23.7 Å². The van der Waals surface area contributed by atoms with E-state index in [9.17, 15) is 4.79 Å². The quantitative estimate of drug-likeness (QED) is 0.678. The minimum absolute atomic E-state index is 0.0865. The van der Waals surface area contributed by atoms with Gasteiger partial charge in [-0.3, -0.25) is 4.79 Å². The van der Waals surface area contributed by atoms with Crippen LogP contribution in [0.15, 0.2) is 47.6 Å². The molecule has 0 heterocycles. The van der Waals surface area contributed by atoms with Gasteiger partial charge < -0.3 is 4.74 Å². The van der Waals surface area contributed by atoms with Gasteiger partial charge in [0.1, 0.15) is 5.75 Å². The summed E-state index contributed by atoms with van der Waals surface area (Å²) in [5.41, 5.74) is 5.37. The van der Waals surface area contributed by atoms with Crippen LogP contribution in [0.4, 0.5) is 0 Å². The lowest BCUT2D eigenvalue weighted by Gasteiger charge is -2.08. The second kappa shape index (κ2) is 7.61. The number of nitrogens with one attached hydrogen (secondary N) is 1. The molecule has 0 bridgehead atoms. The molecule has 2 rings (SSSR count). The molecule has 0 atom stereocenters. The Morgan fingerprint density at radius 3 is 2.82 bits per heavy atom. The lowest BCUT2D eigenvalue weighted by molar-refractivity contribution is -0.123. The largest absolute Gasteiger partial charge is 0.483 e. The molecule has 0 spiro atoms. The molecule has 114 valence electrons. The summed E-state index contributed by atoms with van der Waals surface area (Å²) < 4.78 is 5.47. The van der Waals surface area contributed by atoms with E-state index in [4.69, 9.17) is 16.3 Å². The summed E-state index contributed by atoms with van der Waals surface area (Å²) in [7, 11) is 0. The molecule has 0 radical (unpaired) electrons. The van der Waals surface area contributed by atoms with Crippen molar-refractivity contribution in [2.45, 2.75) is 13.8 Å². The number of benzene rings is 2. The summed E-state index contributed by atoms with van der Waals surface area (Å²) in [6.07, 6.45) is 1.53. The van der Waals surface area contributed by atoms with E-state index in [0.29, 0.717) is 10.8 Å². The molecule has 0 fully saturated rings. The van der Waals surface area contributed by atoms with Gasteiger partial charge in [0, 0.05) is 5.02 Å². The molecule has 0 saturated carbocycles. The molecule has 0 aliphatic carbocycles. The van der Waals surface area contributed by atoms with Crippen molar-refractivity contribution in [1.82, 2.24) is 5.43 Å². The van der Waals surface area contributed by atoms with E-state index in [2.05, 4.69) is 10.5 Å². The molecule has 0 aromatic heterocycles. The second-order valence-electron chi connectivity index (χ2n) is 4.91. The van der Waals surface area contributed by atoms with Crippen molar-refractivity contribution in [2.75, 3.05) is 6.61 Å². The predicted molar refractivity (Wildman–Crippen MR) is 88.6 cm³/mol. The highest BCUT2D eigenvalue weighted by atomic mass is 35.5. The van der Waals surface area contributed by atoms with Gasteiger partial charge in [0.2, 0.25) is 0 Å². The van der Waals surface area contributed by atoms with Crippen LogP contribution in [-0.2, 0) is 4.79 Å². The first-order chi connectivity index (χ1) is 10.5. The highest BCUT2D eigenvalue weighted by Gasteiger charge is 2.04. The van der Waals surface area contributed by atoms with Gasteiger partial charge in [-0.1, -0.05) is 41.4 Å². The number of aryl methyl sites for hydroxylation is 2. The SMILES string of the molecule is Cc1ccc(OCC(=O)NN=Cc2cccc(Cl)c2)c(C)c1. The van der Waals surface area contributed by atoms with Crippen LogP contribution in [0.2, 0.25) is 5.02 Å². The van der Waals surface area contributed by atoms with E-state index in [1.54, 1.807) is 12.1 Å². The highest BCUT2D eigenvalue weighted by Crippen LogP contribution is 2.18. The zero-order chi connectivity index (χ0) is 15.9. The third-order valence-electron chi connectivity index (χ3n) is 2.94. The lowest BCUT2D eigenvalue weighted by atomic mass is 10.1. The Labute approximate surface area is 134 Å². The first-order valence-corrected chi connectivity index (χ1v) is 7.20. The number of amides is 1. The van der Waals surface area contributed by atoms with Crippen LogP contribution in [0, 0.1) is 13.8 Å². The number of ether oxygens (including phenoxy) is 1. The summed E-state index contributed by atoms with van der Waals surface area (Å²) in [5, 5.41) is 4.49. The van der Waals surface area contributed by atoms with Gasteiger partial charge in [0.15, 0.2) is 6.61 Å². The van der Waals surface area contributed by atoms with Crippen molar-refractivity contribution in [3.8, 4) is 5.75 Å². The molecule has 4 nitrogen and oxygen atoms in total. The van der Waals surface area contributed by atoms with E-state index in [1.807, 2.05) is 44.2 Å². The third-order valence-corrected chi connectivity index (χ3v) is 3.18. The average molecular weight is 317 g/mol. The zero-order valence-electron chi connectivity index (χ0n) is 12.5. The molecule has 5 heteroatoms. The Hall–Kier alpha value is -2.33. The maximum atomic E-state index is 11.7. The number of hydrogen-bond donors (Lipinski definition) is 1. The third kappa shape index (κ3) is 4.90. The Balaban J connectivity index is 1.83. The first kappa shape index (κ1) is 16.0. The van der Waals surface area contributed by atoms with Crippen LogP contribution in [-0.4, -0.2) is 18.7 Å². The monoisotopic (exact) mass is 316 g/mol. The summed E-state index contributed by atoms with van der Waals surface area (Å²) in [6, 6.07) is 13.0. The van der Waals surface area contributed by atoms with Crippen molar-refractivity contribution in [3.63, 3.8) is 0 Å². The number of nitrogens with zero attached hydrogens (tertiary/aromatic N) is 1. The number of carbonyl (C=O) groups is 1. The van der Waals surface area contributed by atoms with E-state index >= 15 is 0 Å². The maximum absolute atomic E-state index is 11.7. The minimum atomic E-state index is -0.321. The molecular weight excluding hydrogens is 300 g/mol. The number of rotatable bonds is 5. The molecule has 2 aromatic carbocycles. The van der Waals surface area contributed by atoms with Crippen LogP contribution in [0.25, 0.3) is 0 Å². The fourth-order valence-electron chi connectivity index (χ4n) is 1.90. The normalized spacial score (nSPS) is 10.7. The van der Waals surface area contributed by atoms with E-state index in [1.165, 1.54) is 6.21 Å². The molecule has 0 aliphatic heterocycles. The second-order valence-corrected chi connectivity index (χ2v) is 5.34. The molecule has 2 aromatic rings. The summed E-state index contributed by atoms with van der Waals surface area (Å²) in [4.78, 5) is 11.7. The minimum Gasteiger partial charge on any atom is -0.483 e. The molecular formula is C17H17ClN2O2. The van der Waals surface area contributed by atoms with Gasteiger partial charge in [-0.05, 0) is 43.2 Å². The number of carbonyl (C=O) groups excluding carboxylic acids is 1. The Kier molecular flexibility index (Phi) is 5.55. The van der Waals surface area contributed by atoms with Gasteiger partial charge in [-0.25, -0.2) is 5.43 Å². The zero-order valence-corrected chi connectivity index (χ0v) is 13.2. The Morgan fingerprint density at radius 1 is 1.27 bits per heavy atom. The Bertz CT molecular complexity index is 699. The predicted octanol–water partition coefficient (Wildman–Crippen LogP) is 3.49. The fourth-order valence-corrected chi connectivity index (χ4v) is 2.10. The van der Waals surface area contributed by atoms with Gasteiger partial charge in [-0.2, -0.15) is 5.10 Å². The van der Waals surface area contributed by atoms with Gasteiger partial charge in [-0.15, -0.1) is 0 Å². The maximum Gasteiger partial charge on any atom is 0.277 e. The van der Waals surface area contributed by atoms with Crippen LogP contribution in [0.1, 0.15) is 16.7 Å². The number of hydrogen-bond acceptors (Lipinski definition) is 3. The van der Waals surface area contributed by atoms with Gasteiger partial charge in [0.05, 0.1) is 6.21 Å². The van der Waals surface area contributed by atoms with E-state index in [-0.39, 0.29) is 12.5 Å². The average Bonchev–Trinajstić information content (AvgIpc) is 2.46. The summed E-state index contributed by atoms with van der Waals surface area (Å²) >= 11 is 5.86. The molecule has 1 amide bonds. The molecule has 0 saturated heterocycles. The van der Waals surface area contributed by atoms with Crippen LogP contribution in [0.5, 0.6) is 5.75 Å². The summed E-state index contributed by atoms with van der Waals surface area (Å²) in [5.74, 6) is 0.373. The van der Waals surface area contributed by atoms with Gasteiger partial charge in [0.25, 0.3) is 5.91 Å². The van der Waals surface area contributed by atoms with Crippen LogP contribution < -0.4 is 10.2 Å². The van der Waals surface area contributed by atoms with E-state index in [0.717, 1.165) is 16.7 Å². The smallest absolute Gasteiger partial charge is 0.277 e. The molecule has 0 aliphatic rings. The molecule has 0 unspecified atom stereocenters. The van der Waals surface area contributed by atoms with Crippen molar-refractivity contribution < 1.29 is 9.53 Å². The molecule has 22 heavy (non-hydrogen) atoms.